The smallest absolute Gasteiger partial charge is 0.267 e. The van der Waals surface area contributed by atoms with E-state index in [4.69, 9.17) is 11.6 Å². The molecule has 1 amide bonds. The van der Waals surface area contributed by atoms with Crippen LogP contribution in [0.5, 0.6) is 0 Å². The molecule has 0 aliphatic heterocycles. The first-order chi connectivity index (χ1) is 9.97. The van der Waals surface area contributed by atoms with Crippen molar-refractivity contribution in [3.05, 3.63) is 58.7 Å². The Morgan fingerprint density at radius 1 is 1.38 bits per heavy atom. The summed E-state index contributed by atoms with van der Waals surface area (Å²) in [4.78, 5) is 12.0. The Balaban J connectivity index is 2.07. The van der Waals surface area contributed by atoms with Crippen molar-refractivity contribution < 1.29 is 4.79 Å². The van der Waals surface area contributed by atoms with E-state index in [2.05, 4.69) is 23.2 Å². The van der Waals surface area contributed by atoms with E-state index in [1.165, 1.54) is 0 Å². The number of allylic oxidation sites excluding steroid dienone is 3. The predicted molar refractivity (Wildman–Crippen MR) is 87.6 cm³/mol. The third kappa shape index (κ3) is 4.05. The Hall–Kier alpha value is -1.87. The Kier molecular flexibility index (Phi) is 4.97. The van der Waals surface area contributed by atoms with Crippen LogP contribution in [-0.4, -0.2) is 11.6 Å². The topological polar surface area (TPSA) is 41.5 Å². The summed E-state index contributed by atoms with van der Waals surface area (Å²) >= 11 is 5.80. The average Bonchev–Trinajstić information content (AvgIpc) is 2.46. The third-order valence-electron chi connectivity index (χ3n) is 3.70. The van der Waals surface area contributed by atoms with Gasteiger partial charge in [-0.15, -0.1) is 0 Å². The summed E-state index contributed by atoms with van der Waals surface area (Å²) in [6.07, 6.45) is 3.96. The molecule has 1 aliphatic rings. The number of halogens is 1. The third-order valence-corrected chi connectivity index (χ3v) is 3.95. The first-order valence-electron chi connectivity index (χ1n) is 6.92. The van der Waals surface area contributed by atoms with Gasteiger partial charge in [0.25, 0.3) is 5.91 Å². The molecule has 3 nitrogen and oxygen atoms in total. The second-order valence-corrected chi connectivity index (χ2v) is 5.81. The zero-order chi connectivity index (χ0) is 15.4. The SMILES string of the molecule is C=C(C)C1CC=C(C)/C(=N/NC(=O)c2ccc(Cl)cc2)C1. The molecule has 21 heavy (non-hydrogen) atoms. The van der Waals surface area contributed by atoms with Gasteiger partial charge < -0.3 is 0 Å². The molecule has 1 unspecified atom stereocenters. The minimum atomic E-state index is -0.232. The molecule has 0 saturated heterocycles. The Labute approximate surface area is 130 Å². The highest BCUT2D eigenvalue weighted by Gasteiger charge is 2.18. The van der Waals surface area contributed by atoms with E-state index in [1.54, 1.807) is 24.3 Å². The molecule has 110 valence electrons. The fourth-order valence-corrected chi connectivity index (χ4v) is 2.33. The number of rotatable bonds is 3. The van der Waals surface area contributed by atoms with Gasteiger partial charge in [-0.2, -0.15) is 5.10 Å². The summed E-state index contributed by atoms with van der Waals surface area (Å²) in [7, 11) is 0. The van der Waals surface area contributed by atoms with Gasteiger partial charge in [0.15, 0.2) is 0 Å². The molecular formula is C17H19ClN2O. The molecule has 0 heterocycles. The number of benzene rings is 1. The molecule has 0 saturated carbocycles. The average molecular weight is 303 g/mol. The molecule has 1 atom stereocenters. The molecule has 1 aromatic rings. The lowest BCUT2D eigenvalue weighted by atomic mass is 9.85. The lowest BCUT2D eigenvalue weighted by Gasteiger charge is -2.22. The second-order valence-electron chi connectivity index (χ2n) is 5.38. The second kappa shape index (κ2) is 6.72. The van der Waals surface area contributed by atoms with E-state index in [0.29, 0.717) is 16.5 Å². The molecule has 4 heteroatoms. The Morgan fingerprint density at radius 2 is 2.05 bits per heavy atom. The summed E-state index contributed by atoms with van der Waals surface area (Å²) in [6.45, 7) is 8.05. The van der Waals surface area contributed by atoms with E-state index in [-0.39, 0.29) is 5.91 Å². The van der Waals surface area contributed by atoms with Gasteiger partial charge in [0, 0.05) is 10.6 Å². The van der Waals surface area contributed by atoms with Gasteiger partial charge in [0.1, 0.15) is 0 Å². The molecule has 0 bridgehead atoms. The van der Waals surface area contributed by atoms with Gasteiger partial charge in [-0.3, -0.25) is 4.79 Å². The maximum absolute atomic E-state index is 12.0. The van der Waals surface area contributed by atoms with E-state index < -0.39 is 0 Å². The maximum Gasteiger partial charge on any atom is 0.271 e. The first-order valence-corrected chi connectivity index (χ1v) is 7.30. The number of nitrogens with one attached hydrogen (secondary N) is 1. The van der Waals surface area contributed by atoms with Crippen molar-refractivity contribution in [1.82, 2.24) is 5.43 Å². The van der Waals surface area contributed by atoms with Gasteiger partial charge in [-0.25, -0.2) is 5.43 Å². The summed E-state index contributed by atoms with van der Waals surface area (Å²) in [5.41, 5.74) is 6.33. The highest BCUT2D eigenvalue weighted by molar-refractivity contribution is 6.30. The summed E-state index contributed by atoms with van der Waals surface area (Å²) in [5.74, 6) is 0.171. The zero-order valence-electron chi connectivity index (χ0n) is 12.3. The first kappa shape index (κ1) is 15.5. The highest BCUT2D eigenvalue weighted by Crippen LogP contribution is 2.26. The van der Waals surface area contributed by atoms with Crippen molar-refractivity contribution in [3.63, 3.8) is 0 Å². The van der Waals surface area contributed by atoms with Crippen molar-refractivity contribution in [2.45, 2.75) is 26.7 Å². The van der Waals surface area contributed by atoms with Gasteiger partial charge in [0.2, 0.25) is 0 Å². The molecular weight excluding hydrogens is 284 g/mol. The number of carbonyl (C=O) groups is 1. The summed E-state index contributed by atoms with van der Waals surface area (Å²) in [5, 5.41) is 4.88. The Bertz CT molecular complexity index is 614. The minimum Gasteiger partial charge on any atom is -0.267 e. The van der Waals surface area contributed by atoms with Crippen LogP contribution in [0, 0.1) is 5.92 Å². The van der Waals surface area contributed by atoms with Crippen molar-refractivity contribution in [3.8, 4) is 0 Å². The number of hydrazone groups is 1. The lowest BCUT2D eigenvalue weighted by Crippen LogP contribution is -2.23. The maximum atomic E-state index is 12.0. The summed E-state index contributed by atoms with van der Waals surface area (Å²) in [6, 6.07) is 6.73. The molecule has 1 aliphatic carbocycles. The molecule has 0 aromatic heterocycles. The Morgan fingerprint density at radius 3 is 2.67 bits per heavy atom. The van der Waals surface area contributed by atoms with Crippen molar-refractivity contribution in [1.29, 1.82) is 0 Å². The summed E-state index contributed by atoms with van der Waals surface area (Å²) < 4.78 is 0. The number of hydrogen-bond donors (Lipinski definition) is 1. The van der Waals surface area contributed by atoms with Crippen molar-refractivity contribution >= 4 is 23.2 Å². The monoisotopic (exact) mass is 302 g/mol. The predicted octanol–water partition coefficient (Wildman–Crippen LogP) is 4.36. The molecule has 1 aromatic carbocycles. The molecule has 0 fully saturated rings. The number of hydrogen-bond acceptors (Lipinski definition) is 2. The van der Waals surface area contributed by atoms with E-state index in [0.717, 1.165) is 29.7 Å². The van der Waals surface area contributed by atoms with Gasteiger partial charge in [-0.1, -0.05) is 29.8 Å². The normalized spacial score (nSPS) is 20.0. The van der Waals surface area contributed by atoms with E-state index in [9.17, 15) is 4.79 Å². The van der Waals surface area contributed by atoms with Crippen LogP contribution in [0.15, 0.2) is 53.2 Å². The highest BCUT2D eigenvalue weighted by atomic mass is 35.5. The molecule has 0 radical (unpaired) electrons. The minimum absolute atomic E-state index is 0.232. The van der Waals surface area contributed by atoms with Crippen LogP contribution in [-0.2, 0) is 0 Å². The lowest BCUT2D eigenvalue weighted by molar-refractivity contribution is 0.0954. The van der Waals surface area contributed by atoms with Crippen LogP contribution < -0.4 is 5.43 Å². The van der Waals surface area contributed by atoms with Crippen molar-refractivity contribution in [2.24, 2.45) is 11.0 Å². The zero-order valence-corrected chi connectivity index (χ0v) is 13.1. The fraction of sp³-hybridized carbons (Fsp3) is 0.294. The molecule has 2 rings (SSSR count). The fourth-order valence-electron chi connectivity index (χ4n) is 2.21. The van der Waals surface area contributed by atoms with Gasteiger partial charge in [-0.05, 0) is 62.4 Å². The standard InChI is InChI=1S/C17H19ClN2O/c1-11(2)14-5-4-12(3)16(10-14)19-20-17(21)13-6-8-15(18)9-7-13/h4,6-9,14H,1,5,10H2,2-3H3,(H,20,21)/b19-16+. The van der Waals surface area contributed by atoms with Crippen LogP contribution >= 0.6 is 11.6 Å². The molecule has 0 spiro atoms. The van der Waals surface area contributed by atoms with Crippen LogP contribution in [0.3, 0.4) is 0 Å². The van der Waals surface area contributed by atoms with Crippen molar-refractivity contribution in [2.75, 3.05) is 0 Å². The number of nitrogens with zero attached hydrogens (tertiary/aromatic N) is 1. The largest absolute Gasteiger partial charge is 0.271 e. The van der Waals surface area contributed by atoms with Crippen LogP contribution in [0.4, 0.5) is 0 Å². The van der Waals surface area contributed by atoms with Crippen LogP contribution in [0.1, 0.15) is 37.0 Å². The van der Waals surface area contributed by atoms with Gasteiger partial charge in [0.05, 0.1) is 5.71 Å². The van der Waals surface area contributed by atoms with Gasteiger partial charge >= 0.3 is 0 Å². The quantitative estimate of drug-likeness (QED) is 0.654. The van der Waals surface area contributed by atoms with E-state index in [1.807, 2.05) is 13.8 Å². The van der Waals surface area contributed by atoms with E-state index >= 15 is 0 Å². The van der Waals surface area contributed by atoms with Crippen LogP contribution in [0.2, 0.25) is 5.02 Å². The number of amides is 1. The molecule has 1 N–H and O–H groups in total. The van der Waals surface area contributed by atoms with Crippen LogP contribution in [0.25, 0.3) is 0 Å². The number of carbonyl (C=O) groups excluding carboxylic acids is 1.